The van der Waals surface area contributed by atoms with Crippen LogP contribution < -0.4 is 0 Å². The summed E-state index contributed by atoms with van der Waals surface area (Å²) in [7, 11) is 0. The SMILES string of the molecule is O=C(CBr)c1cnc2c(Cl)cc(Cl)cc2c1. The zero-order valence-corrected chi connectivity index (χ0v) is 11.1. The van der Waals surface area contributed by atoms with Crippen LogP contribution in [-0.4, -0.2) is 16.1 Å². The van der Waals surface area contributed by atoms with Gasteiger partial charge in [0.15, 0.2) is 5.78 Å². The molecule has 1 heterocycles. The van der Waals surface area contributed by atoms with E-state index in [-0.39, 0.29) is 11.1 Å². The molecular weight excluding hydrogens is 313 g/mol. The monoisotopic (exact) mass is 317 g/mol. The fourth-order valence-corrected chi connectivity index (χ4v) is 2.28. The molecular formula is C11H6BrCl2NO. The van der Waals surface area contributed by atoms with Crippen molar-refractivity contribution in [2.45, 2.75) is 0 Å². The number of ketones is 1. The molecule has 0 saturated carbocycles. The molecule has 0 aliphatic rings. The highest BCUT2D eigenvalue weighted by Gasteiger charge is 2.08. The molecule has 2 rings (SSSR count). The Balaban J connectivity index is 2.66. The molecule has 0 unspecified atom stereocenters. The number of nitrogens with zero attached hydrogens (tertiary/aromatic N) is 1. The Morgan fingerprint density at radius 1 is 1.31 bits per heavy atom. The number of halogens is 3. The maximum absolute atomic E-state index is 11.5. The second-order valence-electron chi connectivity index (χ2n) is 3.24. The van der Waals surface area contributed by atoms with E-state index in [4.69, 9.17) is 23.2 Å². The van der Waals surface area contributed by atoms with Crippen molar-refractivity contribution >= 4 is 55.8 Å². The number of carbonyl (C=O) groups is 1. The minimum absolute atomic E-state index is 0.0227. The normalized spacial score (nSPS) is 10.7. The highest BCUT2D eigenvalue weighted by molar-refractivity contribution is 9.09. The molecule has 0 fully saturated rings. The smallest absolute Gasteiger partial charge is 0.174 e. The lowest BCUT2D eigenvalue weighted by molar-refractivity contribution is 0.102. The van der Waals surface area contributed by atoms with Gasteiger partial charge in [-0.05, 0) is 18.2 Å². The van der Waals surface area contributed by atoms with Crippen molar-refractivity contribution in [2.75, 3.05) is 5.33 Å². The Morgan fingerprint density at radius 2 is 2.06 bits per heavy atom. The van der Waals surface area contributed by atoms with Crippen molar-refractivity contribution in [3.63, 3.8) is 0 Å². The Bertz CT molecular complexity index is 571. The predicted octanol–water partition coefficient (Wildman–Crippen LogP) is 4.12. The number of aromatic nitrogens is 1. The van der Waals surface area contributed by atoms with Crippen LogP contribution in [0.1, 0.15) is 10.4 Å². The summed E-state index contributed by atoms with van der Waals surface area (Å²) >= 11 is 15.0. The molecule has 0 N–H and O–H groups in total. The first kappa shape index (κ1) is 11.8. The van der Waals surface area contributed by atoms with Gasteiger partial charge < -0.3 is 0 Å². The first-order valence-corrected chi connectivity index (χ1v) is 6.33. The van der Waals surface area contributed by atoms with E-state index >= 15 is 0 Å². The van der Waals surface area contributed by atoms with E-state index in [1.807, 2.05) is 0 Å². The molecule has 0 amide bonds. The van der Waals surface area contributed by atoms with Gasteiger partial charge in [0.2, 0.25) is 0 Å². The van der Waals surface area contributed by atoms with E-state index in [0.717, 1.165) is 5.39 Å². The average molecular weight is 319 g/mol. The van der Waals surface area contributed by atoms with Crippen LogP contribution in [-0.2, 0) is 0 Å². The van der Waals surface area contributed by atoms with Crippen LogP contribution in [0.3, 0.4) is 0 Å². The molecule has 1 aromatic heterocycles. The van der Waals surface area contributed by atoms with Gasteiger partial charge in [-0.3, -0.25) is 9.78 Å². The molecule has 16 heavy (non-hydrogen) atoms. The number of rotatable bonds is 2. The second-order valence-corrected chi connectivity index (χ2v) is 4.64. The van der Waals surface area contributed by atoms with Crippen LogP contribution in [0.25, 0.3) is 10.9 Å². The van der Waals surface area contributed by atoms with E-state index in [2.05, 4.69) is 20.9 Å². The molecule has 0 spiro atoms. The van der Waals surface area contributed by atoms with E-state index in [1.54, 1.807) is 18.2 Å². The zero-order chi connectivity index (χ0) is 11.7. The number of pyridine rings is 1. The van der Waals surface area contributed by atoms with E-state index < -0.39 is 0 Å². The molecule has 0 saturated heterocycles. The number of alkyl halides is 1. The average Bonchev–Trinajstić information content (AvgIpc) is 2.27. The van der Waals surface area contributed by atoms with E-state index in [1.165, 1.54) is 6.20 Å². The summed E-state index contributed by atoms with van der Waals surface area (Å²) in [4.78, 5) is 15.6. The van der Waals surface area contributed by atoms with Gasteiger partial charge in [0.05, 0.1) is 15.9 Å². The summed E-state index contributed by atoms with van der Waals surface area (Å²) in [6.07, 6.45) is 1.52. The fourth-order valence-electron chi connectivity index (χ4n) is 1.40. The molecule has 0 aliphatic heterocycles. The van der Waals surface area contributed by atoms with Crippen molar-refractivity contribution in [1.82, 2.24) is 4.98 Å². The third-order valence-electron chi connectivity index (χ3n) is 2.14. The fraction of sp³-hybridized carbons (Fsp3) is 0.0909. The second kappa shape index (κ2) is 4.70. The molecule has 2 aromatic rings. The lowest BCUT2D eigenvalue weighted by atomic mass is 10.1. The van der Waals surface area contributed by atoms with Gasteiger partial charge in [-0.25, -0.2) is 0 Å². The Morgan fingerprint density at radius 3 is 2.75 bits per heavy atom. The van der Waals surface area contributed by atoms with Crippen molar-refractivity contribution in [2.24, 2.45) is 0 Å². The molecule has 82 valence electrons. The van der Waals surface area contributed by atoms with Gasteiger partial charge in [0, 0.05) is 22.2 Å². The number of Topliss-reactive ketones (excluding diaryl/α,β-unsaturated/α-hetero) is 1. The minimum atomic E-state index is -0.0227. The predicted molar refractivity (Wildman–Crippen MR) is 69.9 cm³/mol. The first-order valence-electron chi connectivity index (χ1n) is 4.46. The third-order valence-corrected chi connectivity index (χ3v) is 3.16. The quantitative estimate of drug-likeness (QED) is 0.616. The van der Waals surface area contributed by atoms with Gasteiger partial charge in [-0.1, -0.05) is 39.1 Å². The maximum Gasteiger partial charge on any atom is 0.174 e. The van der Waals surface area contributed by atoms with Crippen molar-refractivity contribution in [1.29, 1.82) is 0 Å². The summed E-state index contributed by atoms with van der Waals surface area (Å²) in [5.41, 5.74) is 1.19. The largest absolute Gasteiger partial charge is 0.293 e. The Hall–Kier alpha value is -0.640. The van der Waals surface area contributed by atoms with Crippen molar-refractivity contribution < 1.29 is 4.79 Å². The van der Waals surface area contributed by atoms with E-state index in [9.17, 15) is 4.79 Å². The van der Waals surface area contributed by atoms with Crippen LogP contribution in [0.2, 0.25) is 10.0 Å². The summed E-state index contributed by atoms with van der Waals surface area (Å²) in [5.74, 6) is -0.0227. The summed E-state index contributed by atoms with van der Waals surface area (Å²) < 4.78 is 0. The number of carbonyl (C=O) groups excluding carboxylic acids is 1. The first-order chi connectivity index (χ1) is 7.61. The van der Waals surface area contributed by atoms with Gasteiger partial charge in [0.1, 0.15) is 0 Å². The highest BCUT2D eigenvalue weighted by atomic mass is 79.9. The highest BCUT2D eigenvalue weighted by Crippen LogP contribution is 2.26. The molecule has 0 aliphatic carbocycles. The third kappa shape index (κ3) is 2.21. The van der Waals surface area contributed by atoms with Crippen molar-refractivity contribution in [3.05, 3.63) is 40.0 Å². The van der Waals surface area contributed by atoms with Crippen LogP contribution in [0.5, 0.6) is 0 Å². The van der Waals surface area contributed by atoms with Crippen molar-refractivity contribution in [3.8, 4) is 0 Å². The van der Waals surface area contributed by atoms with Crippen LogP contribution in [0, 0.1) is 0 Å². The van der Waals surface area contributed by atoms with Gasteiger partial charge >= 0.3 is 0 Å². The van der Waals surface area contributed by atoms with Crippen LogP contribution in [0.4, 0.5) is 0 Å². The lowest BCUT2D eigenvalue weighted by Crippen LogP contribution is -2.00. The molecule has 5 heteroatoms. The zero-order valence-electron chi connectivity index (χ0n) is 8.01. The molecule has 0 radical (unpaired) electrons. The van der Waals surface area contributed by atoms with Gasteiger partial charge in [-0.15, -0.1) is 0 Å². The Labute approximate surface area is 111 Å². The summed E-state index contributed by atoms with van der Waals surface area (Å²) in [6, 6.07) is 5.11. The number of fused-ring (bicyclic) bond motifs is 1. The lowest BCUT2D eigenvalue weighted by Gasteiger charge is -2.03. The summed E-state index contributed by atoms with van der Waals surface area (Å²) in [6.45, 7) is 0. The number of hydrogen-bond donors (Lipinski definition) is 0. The maximum atomic E-state index is 11.5. The number of hydrogen-bond acceptors (Lipinski definition) is 2. The van der Waals surface area contributed by atoms with Crippen LogP contribution >= 0.6 is 39.1 Å². The molecule has 0 atom stereocenters. The van der Waals surface area contributed by atoms with Gasteiger partial charge in [0.25, 0.3) is 0 Å². The van der Waals surface area contributed by atoms with Gasteiger partial charge in [-0.2, -0.15) is 0 Å². The topological polar surface area (TPSA) is 30.0 Å². The minimum Gasteiger partial charge on any atom is -0.293 e. The van der Waals surface area contributed by atoms with Crippen LogP contribution in [0.15, 0.2) is 24.4 Å². The number of benzene rings is 1. The molecule has 1 aromatic carbocycles. The molecule has 0 bridgehead atoms. The Kier molecular flexibility index (Phi) is 3.47. The van der Waals surface area contributed by atoms with E-state index in [0.29, 0.717) is 21.1 Å². The molecule has 2 nitrogen and oxygen atoms in total. The summed E-state index contributed by atoms with van der Waals surface area (Å²) in [5, 5.41) is 2.06. The standard InChI is InChI=1S/C11H6BrCl2NO/c12-4-10(16)7-1-6-2-8(13)3-9(14)11(6)15-5-7/h1-3,5H,4H2.